The van der Waals surface area contributed by atoms with Gasteiger partial charge in [0.15, 0.2) is 0 Å². The van der Waals surface area contributed by atoms with Crippen LogP contribution in [0, 0.1) is 94.4 Å². The fourth-order valence-electron chi connectivity index (χ4n) is 0. The Hall–Kier alpha value is 0. The van der Waals surface area contributed by atoms with Crippen molar-refractivity contribution >= 4 is 0 Å². The Morgan fingerprint density at radius 3 is 0.391 bits per heavy atom. The van der Waals surface area contributed by atoms with E-state index >= 15 is 0 Å². The van der Waals surface area contributed by atoms with Crippen LogP contribution in [0.15, 0.2) is 0 Å². The summed E-state index contributed by atoms with van der Waals surface area (Å²) < 4.78 is 146. The van der Waals surface area contributed by atoms with Gasteiger partial charge in [-0.15, -0.1) is 0 Å². The molecule has 0 radical (unpaired) electrons. The van der Waals surface area contributed by atoms with Gasteiger partial charge in [0.25, 0.3) is 0 Å². The van der Waals surface area contributed by atoms with Crippen LogP contribution in [-0.2, 0) is 0 Å². The van der Waals surface area contributed by atoms with Crippen molar-refractivity contribution in [2.24, 2.45) is 94.4 Å². The van der Waals surface area contributed by atoms with E-state index in [1.54, 1.807) is 96.9 Å². The quantitative estimate of drug-likeness (QED) is 0.259. The van der Waals surface area contributed by atoms with Gasteiger partial charge in [0.2, 0.25) is 0 Å². The van der Waals surface area contributed by atoms with Crippen LogP contribution in [0.4, 0.5) is 0 Å². The van der Waals surface area contributed by atoms with Gasteiger partial charge in [-0.3, -0.25) is 0 Å². The summed E-state index contributed by atoms with van der Waals surface area (Å²) >= 11 is 0. The third-order valence-electron chi connectivity index (χ3n) is 13.9. The summed E-state index contributed by atoms with van der Waals surface area (Å²) in [6.07, 6.45) is -3.52. The zero-order valence-corrected chi connectivity index (χ0v) is 57.5. The second kappa shape index (κ2) is 37.7. The van der Waals surface area contributed by atoms with Gasteiger partial charge in [-0.05, 0) is 94.4 Å². The Bertz CT molecular complexity index is 1370. The van der Waals surface area contributed by atoms with Crippen LogP contribution >= 0.6 is 0 Å². The van der Waals surface area contributed by atoms with E-state index in [1.165, 1.54) is 6.92 Å². The highest BCUT2D eigenvalue weighted by molar-refractivity contribution is 4.79. The highest BCUT2D eigenvalue weighted by Crippen LogP contribution is 2.39. The Kier molecular flexibility index (Phi) is 27.9. The molecule has 0 bridgehead atoms. The lowest BCUT2D eigenvalue weighted by Crippen LogP contribution is -2.25. The van der Waals surface area contributed by atoms with Crippen LogP contribution in [-0.4, -0.2) is 0 Å². The Morgan fingerprint density at radius 1 is 0.290 bits per heavy atom. The van der Waals surface area contributed by atoms with Gasteiger partial charge in [-0.2, -0.15) is 0 Å². The van der Waals surface area contributed by atoms with Gasteiger partial charge in [-0.25, -0.2) is 0 Å². The molecule has 0 rings (SSSR count). The van der Waals surface area contributed by atoms with Gasteiger partial charge in [-0.1, -0.05) is 358 Å². The summed E-state index contributed by atoms with van der Waals surface area (Å²) in [6, 6.07) is 0. The summed E-state index contributed by atoms with van der Waals surface area (Å²) in [5, 5.41) is 0. The first-order valence-electron chi connectivity index (χ1n) is 36.2. The van der Waals surface area contributed by atoms with Crippen molar-refractivity contribution in [3.8, 4) is 0 Å². The molecule has 0 aliphatic rings. The first kappa shape index (κ1) is 51.1. The lowest BCUT2D eigenvalue weighted by atomic mass is 9.71. The first-order chi connectivity index (χ1) is 36.2. The SMILES string of the molecule is CC(C)(C)C(C)(C)C.[2H]C(C)(C)C(C)(C)C.[2H]C(C)(C)C(C)(C)C.[2H]C(C)(C)C([2H])(C)C.[2H]C([2H])(C)C(C)(C)C.[2H]C([2H])(C)C(C)(C)C.[2H]C([2H])(C)C([2H])(C)C.[2H]C([2H])([2H])C(C)(C)C(C)(C)C.[2H]C([2H])([2H])C(C)(C)C(C)(C)C.[2H]C([2H])([2H])C(C)(C)C(C)(C)C. The predicted molar refractivity (Wildman–Crippen MR) is 339 cm³/mol. The summed E-state index contributed by atoms with van der Waals surface area (Å²) in [6.45, 7) is 82.8. The largest absolute Gasteiger partial charge is 0.0651 e. The monoisotopic (exact) mass is 1010 g/mol. The van der Waals surface area contributed by atoms with Gasteiger partial charge in [0.05, 0.1) is 0 Å². The highest BCUT2D eigenvalue weighted by atomic mass is 14.3. The maximum atomic E-state index is 7.58. The second-order valence-electron chi connectivity index (χ2n) is 30.9. The van der Waals surface area contributed by atoms with E-state index in [-0.39, 0.29) is 49.7 Å². The molecule has 0 N–H and O–H groups in total. The zero-order valence-electron chi connectivity index (χ0n) is 77.5. The minimum absolute atomic E-state index is 0.104. The lowest BCUT2D eigenvalue weighted by molar-refractivity contribution is 0.157. The van der Waals surface area contributed by atoms with Crippen molar-refractivity contribution < 1.29 is 27.4 Å². The molecule has 0 aliphatic heterocycles. The van der Waals surface area contributed by atoms with Crippen LogP contribution < -0.4 is 0 Å². The molecule has 0 fully saturated rings. The molecule has 434 valence electrons. The zero-order chi connectivity index (χ0) is 77.5. The molecule has 0 aliphatic carbocycles. The van der Waals surface area contributed by atoms with Crippen molar-refractivity contribution in [3.63, 3.8) is 0 Å². The van der Waals surface area contributed by atoms with Crippen LogP contribution in [0.25, 0.3) is 0 Å². The molecule has 0 atom stereocenters. The number of hydrogen-bond acceptors (Lipinski definition) is 0. The Labute approximate surface area is 479 Å². The lowest BCUT2D eigenvalue weighted by Gasteiger charge is -2.34. The maximum Gasteiger partial charge on any atom is 0.0302 e. The third kappa shape index (κ3) is 82.3. The normalized spacial score (nSPS) is 19.2. The minimum Gasteiger partial charge on any atom is -0.0651 e. The van der Waals surface area contributed by atoms with Gasteiger partial charge in [0, 0.05) is 27.4 Å². The molecule has 0 aromatic rings. The molecule has 0 nitrogen and oxygen atoms in total. The molecular weight excluding hydrogens is 829 g/mol. The third-order valence-corrected chi connectivity index (χ3v) is 13.9. The van der Waals surface area contributed by atoms with Crippen molar-refractivity contribution in [1.82, 2.24) is 0 Å². The summed E-state index contributed by atoms with van der Waals surface area (Å²) in [5.41, 5.74) is -1.80. The van der Waals surface area contributed by atoms with Crippen molar-refractivity contribution in [1.29, 1.82) is 0 Å². The van der Waals surface area contributed by atoms with Gasteiger partial charge >= 0.3 is 0 Å². The number of hydrogen-bond donors (Lipinski definition) is 0. The van der Waals surface area contributed by atoms with Crippen LogP contribution in [0.1, 0.15) is 386 Å². The Balaban J connectivity index is -0.0000000977. The molecule has 0 saturated heterocycles. The molecule has 0 aromatic heterocycles. The van der Waals surface area contributed by atoms with E-state index in [4.69, 9.17) is 27.4 Å². The summed E-state index contributed by atoms with van der Waals surface area (Å²) in [5.74, 6) is -2.90. The van der Waals surface area contributed by atoms with Crippen molar-refractivity contribution in [2.75, 3.05) is 0 Å². The van der Waals surface area contributed by atoms with Gasteiger partial charge in [0.1, 0.15) is 0 Å². The second-order valence-corrected chi connectivity index (χ2v) is 30.9. The smallest absolute Gasteiger partial charge is 0.0302 e. The molecular formula is C69H158. The fraction of sp³-hybridized carbons (Fsp3) is 1.00. The van der Waals surface area contributed by atoms with E-state index in [0.29, 0.717) is 10.8 Å². The van der Waals surface area contributed by atoms with Gasteiger partial charge < -0.3 is 0 Å². The van der Waals surface area contributed by atoms with E-state index < -0.39 is 73.6 Å². The summed E-state index contributed by atoms with van der Waals surface area (Å²) in [7, 11) is 0. The van der Waals surface area contributed by atoms with Crippen molar-refractivity contribution in [3.05, 3.63) is 0 Å². The van der Waals surface area contributed by atoms with E-state index in [9.17, 15) is 0 Å². The molecule has 0 aromatic carbocycles. The van der Waals surface area contributed by atoms with Crippen LogP contribution in [0.5, 0.6) is 0 Å². The predicted octanol–water partition coefficient (Wildman–Crippen LogP) is 26.9. The molecule has 0 spiro atoms. The fourth-order valence-corrected chi connectivity index (χ4v) is 0. The molecule has 0 saturated carbocycles. The average Bonchev–Trinajstić information content (AvgIpc) is 3.09. The molecule has 0 heterocycles. The average molecular weight is 1010 g/mol. The van der Waals surface area contributed by atoms with Crippen molar-refractivity contribution in [2.45, 2.75) is 358 Å². The topological polar surface area (TPSA) is 0 Å². The van der Waals surface area contributed by atoms with E-state index in [1.807, 2.05) is 132 Å². The first-order valence-corrected chi connectivity index (χ1v) is 26.2. The molecule has 0 heteroatoms. The number of rotatable bonds is 2. The maximum absolute atomic E-state index is 7.58. The molecule has 0 unspecified atom stereocenters. The van der Waals surface area contributed by atoms with Crippen LogP contribution in [0.2, 0.25) is 0 Å². The molecule has 69 heavy (non-hydrogen) atoms. The summed E-state index contributed by atoms with van der Waals surface area (Å²) in [4.78, 5) is 0. The highest BCUT2D eigenvalue weighted by Gasteiger charge is 2.29. The minimum atomic E-state index is -1.87. The van der Waals surface area contributed by atoms with E-state index in [0.717, 1.165) is 0 Å². The standard InChI is InChI=1S/4C8H18.2C7H16.3C6H14.C5H12/c4*1-7(2,3)8(4,5)6;2*1-6(2)7(3,4)5;2*1-5-6(2,3)4;1-5(2)6(3)4;1-4-5(2)3/h4*1-6H3;2*6H,1-5H3;2*5H2,1-4H3;5-6H,1-4H3;5H,4H2,1-3H3/i3*1D3;;2*6D;2*5D2;5D,6D;4D2,5D. The molecule has 0 amide bonds. The van der Waals surface area contributed by atoms with E-state index in [2.05, 4.69) is 83.1 Å². The Morgan fingerprint density at radius 2 is 0.391 bits per heavy atom. The van der Waals surface area contributed by atoms with Crippen LogP contribution in [0.3, 0.4) is 0 Å².